The normalized spacial score (nSPS) is 12.2. The van der Waals surface area contributed by atoms with Gasteiger partial charge in [0.05, 0.1) is 6.61 Å². The molecule has 0 fully saturated rings. The van der Waals surface area contributed by atoms with Gasteiger partial charge in [-0.15, -0.1) is 0 Å². The second-order valence-corrected chi connectivity index (χ2v) is 2.98. The van der Waals surface area contributed by atoms with Crippen LogP contribution in [-0.2, 0) is 9.53 Å². The van der Waals surface area contributed by atoms with E-state index in [-0.39, 0.29) is 6.61 Å². The molecule has 2 N–H and O–H groups in total. The van der Waals surface area contributed by atoms with Gasteiger partial charge in [-0.1, -0.05) is 0 Å². The van der Waals surface area contributed by atoms with E-state index in [4.69, 9.17) is 0 Å². The summed E-state index contributed by atoms with van der Waals surface area (Å²) in [6.07, 6.45) is -1.84. The lowest BCUT2D eigenvalue weighted by atomic mass is 10.1. The van der Waals surface area contributed by atoms with Gasteiger partial charge in [0.25, 0.3) is 0 Å². The maximum absolute atomic E-state index is 12.8. The lowest BCUT2D eigenvalue weighted by molar-refractivity contribution is -0.153. The molecule has 88 valence electrons. The van der Waals surface area contributed by atoms with Crippen molar-refractivity contribution in [3.8, 4) is 5.75 Å². The summed E-state index contributed by atoms with van der Waals surface area (Å²) >= 11 is 0. The van der Waals surface area contributed by atoms with Crippen LogP contribution < -0.4 is 0 Å². The van der Waals surface area contributed by atoms with Crippen molar-refractivity contribution in [2.24, 2.45) is 0 Å². The summed E-state index contributed by atoms with van der Waals surface area (Å²) in [5, 5.41) is 18.6. The zero-order valence-corrected chi connectivity index (χ0v) is 8.41. The third-order valence-corrected chi connectivity index (χ3v) is 1.87. The number of aromatic hydroxyl groups is 1. The molecule has 0 saturated heterocycles. The van der Waals surface area contributed by atoms with Gasteiger partial charge in [-0.3, -0.25) is 0 Å². The van der Waals surface area contributed by atoms with Crippen LogP contribution in [0.2, 0.25) is 0 Å². The molecule has 0 radical (unpaired) electrons. The Bertz CT molecular complexity index is 406. The number of phenolic OH excluding ortho intramolecular Hbond substituents is 1. The maximum Gasteiger partial charge on any atom is 0.339 e. The fraction of sp³-hybridized carbons (Fsp3) is 0.300. The van der Waals surface area contributed by atoms with Gasteiger partial charge in [-0.05, 0) is 13.0 Å². The molecule has 1 aromatic carbocycles. The highest BCUT2D eigenvalue weighted by Crippen LogP contribution is 2.27. The summed E-state index contributed by atoms with van der Waals surface area (Å²) in [7, 11) is 0. The second kappa shape index (κ2) is 4.89. The molecule has 1 unspecified atom stereocenters. The molecular formula is C10H10F2O4. The van der Waals surface area contributed by atoms with Gasteiger partial charge in [-0.25, -0.2) is 13.6 Å². The molecular weight excluding hydrogens is 222 g/mol. The van der Waals surface area contributed by atoms with Crippen molar-refractivity contribution in [2.45, 2.75) is 13.0 Å². The fourth-order valence-corrected chi connectivity index (χ4v) is 1.12. The zero-order valence-electron chi connectivity index (χ0n) is 8.41. The lowest BCUT2D eigenvalue weighted by Gasteiger charge is -2.11. The number of aliphatic hydroxyl groups excluding tert-OH is 1. The van der Waals surface area contributed by atoms with Crippen molar-refractivity contribution in [2.75, 3.05) is 6.61 Å². The van der Waals surface area contributed by atoms with Gasteiger partial charge >= 0.3 is 5.97 Å². The predicted molar refractivity (Wildman–Crippen MR) is 49.6 cm³/mol. The average Bonchev–Trinajstić information content (AvgIpc) is 2.23. The van der Waals surface area contributed by atoms with Gasteiger partial charge < -0.3 is 14.9 Å². The molecule has 0 aromatic heterocycles. The number of carbonyl (C=O) groups is 1. The summed E-state index contributed by atoms with van der Waals surface area (Å²) < 4.78 is 29.9. The van der Waals surface area contributed by atoms with E-state index in [2.05, 4.69) is 4.74 Å². The van der Waals surface area contributed by atoms with Gasteiger partial charge in [-0.2, -0.15) is 0 Å². The molecule has 16 heavy (non-hydrogen) atoms. The molecule has 1 rings (SSSR count). The monoisotopic (exact) mass is 232 g/mol. The first-order valence-electron chi connectivity index (χ1n) is 4.50. The standard InChI is InChI=1S/C10H10F2O4/c1-2-16-10(15)9(14)5-3-6(11)7(12)4-8(5)13/h3-4,9,13-14H,2H2,1H3. The number of hydrogen-bond acceptors (Lipinski definition) is 4. The number of phenols is 1. The average molecular weight is 232 g/mol. The first-order chi connectivity index (χ1) is 7.47. The quantitative estimate of drug-likeness (QED) is 0.770. The molecule has 6 heteroatoms. The van der Waals surface area contributed by atoms with Gasteiger partial charge in [0.1, 0.15) is 5.75 Å². The van der Waals surface area contributed by atoms with E-state index < -0.39 is 35.0 Å². The molecule has 0 aliphatic heterocycles. The number of hydrogen-bond donors (Lipinski definition) is 2. The Morgan fingerprint density at radius 2 is 2.00 bits per heavy atom. The minimum absolute atomic E-state index is 0.0281. The van der Waals surface area contributed by atoms with Crippen molar-refractivity contribution >= 4 is 5.97 Å². The van der Waals surface area contributed by atoms with Crippen molar-refractivity contribution in [3.05, 3.63) is 29.3 Å². The Labute approximate surface area is 90.1 Å². The fourth-order valence-electron chi connectivity index (χ4n) is 1.12. The van der Waals surface area contributed by atoms with E-state index >= 15 is 0 Å². The predicted octanol–water partition coefficient (Wildman–Crippen LogP) is 1.27. The smallest absolute Gasteiger partial charge is 0.339 e. The first kappa shape index (κ1) is 12.4. The topological polar surface area (TPSA) is 66.8 Å². The largest absolute Gasteiger partial charge is 0.507 e. The molecule has 0 saturated carbocycles. The molecule has 1 atom stereocenters. The molecule has 0 aliphatic rings. The molecule has 0 amide bonds. The van der Waals surface area contributed by atoms with Crippen LogP contribution >= 0.6 is 0 Å². The highest BCUT2D eigenvalue weighted by Gasteiger charge is 2.23. The minimum atomic E-state index is -1.84. The number of ether oxygens (including phenoxy) is 1. The van der Waals surface area contributed by atoms with Crippen molar-refractivity contribution < 1.29 is 28.5 Å². The first-order valence-corrected chi connectivity index (χ1v) is 4.50. The Morgan fingerprint density at radius 1 is 1.44 bits per heavy atom. The highest BCUT2D eigenvalue weighted by atomic mass is 19.2. The van der Waals surface area contributed by atoms with Gasteiger partial charge in [0, 0.05) is 11.6 Å². The van der Waals surface area contributed by atoms with Crippen LogP contribution in [0.3, 0.4) is 0 Å². The van der Waals surface area contributed by atoms with Crippen LogP contribution in [0.5, 0.6) is 5.75 Å². The SMILES string of the molecule is CCOC(=O)C(O)c1cc(F)c(F)cc1O. The van der Waals surface area contributed by atoms with E-state index in [1.165, 1.54) is 6.92 Å². The summed E-state index contributed by atoms with van der Waals surface area (Å²) in [5.74, 6) is -4.28. The minimum Gasteiger partial charge on any atom is -0.507 e. The Balaban J connectivity index is 3.04. The van der Waals surface area contributed by atoms with Gasteiger partial charge in [0.2, 0.25) is 0 Å². The van der Waals surface area contributed by atoms with Crippen LogP contribution in [0.15, 0.2) is 12.1 Å². The Hall–Kier alpha value is -1.69. The second-order valence-electron chi connectivity index (χ2n) is 2.98. The third kappa shape index (κ3) is 2.46. The zero-order chi connectivity index (χ0) is 12.3. The van der Waals surface area contributed by atoms with E-state index in [1.54, 1.807) is 0 Å². The van der Waals surface area contributed by atoms with Crippen LogP contribution in [0.4, 0.5) is 8.78 Å². The number of esters is 1. The molecule has 0 bridgehead atoms. The number of aliphatic hydroxyl groups is 1. The van der Waals surface area contributed by atoms with Crippen LogP contribution in [0.1, 0.15) is 18.6 Å². The van der Waals surface area contributed by atoms with E-state index in [0.717, 1.165) is 0 Å². The van der Waals surface area contributed by atoms with E-state index in [0.29, 0.717) is 12.1 Å². The van der Waals surface area contributed by atoms with Crippen molar-refractivity contribution in [3.63, 3.8) is 0 Å². The maximum atomic E-state index is 12.8. The number of halogens is 2. The van der Waals surface area contributed by atoms with Crippen LogP contribution in [-0.4, -0.2) is 22.8 Å². The van der Waals surface area contributed by atoms with Crippen molar-refractivity contribution in [1.82, 2.24) is 0 Å². The molecule has 0 heterocycles. The molecule has 4 nitrogen and oxygen atoms in total. The van der Waals surface area contributed by atoms with Gasteiger partial charge in [0.15, 0.2) is 17.7 Å². The van der Waals surface area contributed by atoms with E-state index in [1.807, 2.05) is 0 Å². The van der Waals surface area contributed by atoms with Crippen molar-refractivity contribution in [1.29, 1.82) is 0 Å². The third-order valence-electron chi connectivity index (χ3n) is 1.87. The molecule has 1 aromatic rings. The summed E-state index contributed by atoms with van der Waals surface area (Å²) in [4.78, 5) is 11.1. The Morgan fingerprint density at radius 3 is 2.56 bits per heavy atom. The summed E-state index contributed by atoms with van der Waals surface area (Å²) in [6, 6.07) is 1.03. The van der Waals surface area contributed by atoms with Crippen LogP contribution in [0, 0.1) is 11.6 Å². The molecule has 0 aliphatic carbocycles. The van der Waals surface area contributed by atoms with Crippen LogP contribution in [0.25, 0.3) is 0 Å². The highest BCUT2D eigenvalue weighted by molar-refractivity contribution is 5.77. The summed E-state index contributed by atoms with van der Waals surface area (Å²) in [6.45, 7) is 1.55. The summed E-state index contributed by atoms with van der Waals surface area (Å²) in [5.41, 5.74) is -0.433. The Kier molecular flexibility index (Phi) is 3.78. The number of benzene rings is 1. The lowest BCUT2D eigenvalue weighted by Crippen LogP contribution is -2.15. The number of carbonyl (C=O) groups excluding carboxylic acids is 1. The molecule has 0 spiro atoms. The number of rotatable bonds is 3. The van der Waals surface area contributed by atoms with E-state index in [9.17, 15) is 23.8 Å².